The van der Waals surface area contributed by atoms with Gasteiger partial charge < -0.3 is 9.30 Å². The van der Waals surface area contributed by atoms with Crippen LogP contribution in [0.2, 0.25) is 0 Å². The number of ketones is 1. The first kappa shape index (κ1) is 15.7. The molecule has 4 rings (SSSR count). The Balaban J connectivity index is 1.56. The molecule has 2 heterocycles. The second-order valence-corrected chi connectivity index (χ2v) is 6.76. The van der Waals surface area contributed by atoms with Gasteiger partial charge in [-0.15, -0.1) is 11.3 Å². The van der Waals surface area contributed by atoms with Crippen LogP contribution in [0.4, 0.5) is 0 Å². The minimum Gasteiger partial charge on any atom is -0.488 e. The average Bonchev–Trinajstić information content (AvgIpc) is 3.31. The Morgan fingerprint density at radius 1 is 0.960 bits per heavy atom. The predicted octanol–water partition coefficient (Wildman–Crippen LogP) is 5.16. The molecule has 0 spiro atoms. The van der Waals surface area contributed by atoms with Crippen LogP contribution in [0.15, 0.2) is 78.3 Å². The van der Waals surface area contributed by atoms with Gasteiger partial charge in [0.25, 0.3) is 0 Å². The maximum Gasteiger partial charge on any atom is 0.192 e. The van der Waals surface area contributed by atoms with E-state index in [2.05, 4.69) is 0 Å². The van der Waals surface area contributed by atoms with Crippen LogP contribution in [0.25, 0.3) is 10.9 Å². The summed E-state index contributed by atoms with van der Waals surface area (Å²) in [6, 6.07) is 21.8. The summed E-state index contributed by atoms with van der Waals surface area (Å²) in [5.74, 6) is 0.965. The molecule has 0 aliphatic rings. The van der Waals surface area contributed by atoms with Gasteiger partial charge in [-0.05, 0) is 35.2 Å². The van der Waals surface area contributed by atoms with Crippen LogP contribution in [-0.4, -0.2) is 10.4 Å². The van der Waals surface area contributed by atoms with Crippen molar-refractivity contribution >= 4 is 28.0 Å². The molecule has 25 heavy (non-hydrogen) atoms. The van der Waals surface area contributed by atoms with Gasteiger partial charge in [0.15, 0.2) is 5.78 Å². The molecule has 0 aliphatic heterocycles. The number of hydrogen-bond acceptors (Lipinski definition) is 3. The largest absolute Gasteiger partial charge is 0.488 e. The van der Waals surface area contributed by atoms with Gasteiger partial charge in [0.2, 0.25) is 0 Å². The molecule has 2 aromatic carbocycles. The fraction of sp³-hybridized carbons (Fsp3) is 0.0952. The molecule has 0 amide bonds. The van der Waals surface area contributed by atoms with Gasteiger partial charge in [-0.2, -0.15) is 0 Å². The van der Waals surface area contributed by atoms with Crippen molar-refractivity contribution in [3.05, 3.63) is 88.7 Å². The van der Waals surface area contributed by atoms with Crippen molar-refractivity contribution in [2.75, 3.05) is 0 Å². The van der Waals surface area contributed by atoms with Crippen molar-refractivity contribution in [1.82, 2.24) is 4.57 Å². The number of hydrogen-bond donors (Lipinski definition) is 0. The second-order valence-electron chi connectivity index (χ2n) is 5.81. The van der Waals surface area contributed by atoms with Crippen LogP contribution >= 0.6 is 11.3 Å². The van der Waals surface area contributed by atoms with E-state index in [1.807, 2.05) is 82.9 Å². The number of Topliss-reactive ketones (excluding diaryl/α,β-unsaturated/α-hetero) is 1. The van der Waals surface area contributed by atoms with Crippen LogP contribution in [-0.2, 0) is 13.2 Å². The van der Waals surface area contributed by atoms with E-state index in [9.17, 15) is 4.79 Å². The van der Waals surface area contributed by atoms with Crippen molar-refractivity contribution in [2.24, 2.45) is 0 Å². The van der Waals surface area contributed by atoms with E-state index in [1.54, 1.807) is 0 Å². The summed E-state index contributed by atoms with van der Waals surface area (Å²) in [4.78, 5) is 13.2. The molecule has 0 saturated heterocycles. The first-order valence-electron chi connectivity index (χ1n) is 8.12. The number of rotatable bonds is 6. The third-order valence-electron chi connectivity index (χ3n) is 4.12. The number of fused-ring (bicyclic) bond motifs is 1. The van der Waals surface area contributed by atoms with E-state index in [4.69, 9.17) is 4.74 Å². The Morgan fingerprint density at radius 2 is 1.84 bits per heavy atom. The molecule has 0 unspecified atom stereocenters. The molecule has 4 aromatic rings. The second kappa shape index (κ2) is 6.95. The van der Waals surface area contributed by atoms with E-state index in [1.165, 1.54) is 11.3 Å². The number of carbonyl (C=O) groups excluding carboxylic acids is 1. The van der Waals surface area contributed by atoms with Gasteiger partial charge in [-0.25, -0.2) is 0 Å². The molecule has 0 atom stereocenters. The Hall–Kier alpha value is -2.85. The van der Waals surface area contributed by atoms with Gasteiger partial charge in [-0.1, -0.05) is 42.5 Å². The van der Waals surface area contributed by atoms with Crippen molar-refractivity contribution in [3.63, 3.8) is 0 Å². The lowest BCUT2D eigenvalue weighted by molar-refractivity contribution is 0.0977. The molecule has 124 valence electrons. The zero-order valence-corrected chi connectivity index (χ0v) is 14.4. The summed E-state index contributed by atoms with van der Waals surface area (Å²) in [6.07, 6.45) is 1.95. The molecular weight excluding hydrogens is 330 g/mol. The van der Waals surface area contributed by atoms with E-state index in [0.29, 0.717) is 13.2 Å². The molecule has 3 nitrogen and oxygen atoms in total. The van der Waals surface area contributed by atoms with E-state index < -0.39 is 0 Å². The molecular formula is C21H17NO2S. The van der Waals surface area contributed by atoms with E-state index in [-0.39, 0.29) is 5.78 Å². The van der Waals surface area contributed by atoms with Crippen molar-refractivity contribution in [2.45, 2.75) is 13.2 Å². The zero-order valence-electron chi connectivity index (χ0n) is 13.6. The van der Waals surface area contributed by atoms with Crippen LogP contribution in [0.5, 0.6) is 5.75 Å². The third-order valence-corrected chi connectivity index (χ3v) is 5.03. The lowest BCUT2D eigenvalue weighted by Gasteiger charge is -2.09. The van der Waals surface area contributed by atoms with Gasteiger partial charge >= 0.3 is 0 Å². The fourth-order valence-corrected chi connectivity index (χ4v) is 3.52. The highest BCUT2D eigenvalue weighted by Gasteiger charge is 2.11. The summed E-state index contributed by atoms with van der Waals surface area (Å²) >= 11 is 1.48. The summed E-state index contributed by atoms with van der Waals surface area (Å²) in [7, 11) is 0. The molecule has 0 N–H and O–H groups in total. The Kier molecular flexibility index (Phi) is 4.36. The molecule has 0 bridgehead atoms. The summed E-state index contributed by atoms with van der Waals surface area (Å²) < 4.78 is 7.98. The lowest BCUT2D eigenvalue weighted by Crippen LogP contribution is -2.07. The molecule has 0 radical (unpaired) electrons. The molecule has 2 aromatic heterocycles. The summed E-state index contributed by atoms with van der Waals surface area (Å²) in [5, 5.41) is 2.95. The lowest BCUT2D eigenvalue weighted by atomic mass is 10.2. The van der Waals surface area contributed by atoms with Gasteiger partial charge in [0.1, 0.15) is 12.4 Å². The Labute approximate surface area is 150 Å². The fourth-order valence-electron chi connectivity index (χ4n) is 2.86. The topological polar surface area (TPSA) is 31.2 Å². The molecule has 4 heteroatoms. The number of carbonyl (C=O) groups is 1. The SMILES string of the molecule is O=C(Cn1ccc2c(OCc3ccccc3)cccc21)c1cccs1. The van der Waals surface area contributed by atoms with E-state index >= 15 is 0 Å². The zero-order chi connectivity index (χ0) is 17.1. The van der Waals surface area contributed by atoms with Crippen LogP contribution < -0.4 is 4.74 Å². The van der Waals surface area contributed by atoms with Crippen molar-refractivity contribution < 1.29 is 9.53 Å². The Morgan fingerprint density at radius 3 is 2.64 bits per heavy atom. The standard InChI is InChI=1S/C21H17NO2S/c23-19(21-10-5-13-25-21)14-22-12-11-17-18(22)8-4-9-20(17)24-15-16-6-2-1-3-7-16/h1-13H,14-15H2. The van der Waals surface area contributed by atoms with Crippen LogP contribution in [0, 0.1) is 0 Å². The number of benzene rings is 2. The first-order valence-corrected chi connectivity index (χ1v) is 9.00. The van der Waals surface area contributed by atoms with Gasteiger partial charge in [-0.3, -0.25) is 4.79 Å². The van der Waals surface area contributed by atoms with Gasteiger partial charge in [0, 0.05) is 11.6 Å². The van der Waals surface area contributed by atoms with Gasteiger partial charge in [0.05, 0.1) is 16.9 Å². The Bertz CT molecular complexity index is 987. The number of aromatic nitrogens is 1. The maximum atomic E-state index is 12.4. The molecule has 0 aliphatic carbocycles. The minimum atomic E-state index is 0.128. The molecule has 0 saturated carbocycles. The predicted molar refractivity (Wildman–Crippen MR) is 101 cm³/mol. The maximum absolute atomic E-state index is 12.4. The number of nitrogens with zero attached hydrogens (tertiary/aromatic N) is 1. The average molecular weight is 347 g/mol. The van der Waals surface area contributed by atoms with Crippen molar-refractivity contribution in [1.29, 1.82) is 0 Å². The highest BCUT2D eigenvalue weighted by Crippen LogP contribution is 2.27. The minimum absolute atomic E-state index is 0.128. The first-order chi connectivity index (χ1) is 12.3. The number of ether oxygens (including phenoxy) is 1. The highest BCUT2D eigenvalue weighted by atomic mass is 32.1. The quantitative estimate of drug-likeness (QED) is 0.451. The third kappa shape index (κ3) is 3.35. The monoisotopic (exact) mass is 347 g/mol. The van der Waals surface area contributed by atoms with Crippen molar-refractivity contribution in [3.8, 4) is 5.75 Å². The molecule has 0 fully saturated rings. The highest BCUT2D eigenvalue weighted by molar-refractivity contribution is 7.12. The normalized spacial score (nSPS) is 10.9. The van der Waals surface area contributed by atoms with Crippen LogP contribution in [0.3, 0.4) is 0 Å². The van der Waals surface area contributed by atoms with E-state index in [0.717, 1.165) is 27.1 Å². The van der Waals surface area contributed by atoms with Crippen LogP contribution in [0.1, 0.15) is 15.2 Å². The summed E-state index contributed by atoms with van der Waals surface area (Å²) in [6.45, 7) is 0.866. The smallest absolute Gasteiger partial charge is 0.192 e. The number of thiophene rings is 1. The summed E-state index contributed by atoms with van der Waals surface area (Å²) in [5.41, 5.74) is 2.14.